The number of rotatable bonds is 4. The highest BCUT2D eigenvalue weighted by molar-refractivity contribution is 5.96. The number of ether oxygens (including phenoxy) is 1. The van der Waals surface area contributed by atoms with Crippen molar-refractivity contribution in [1.29, 1.82) is 0 Å². The second-order valence-electron chi connectivity index (χ2n) is 5.89. The maximum Gasteiger partial charge on any atom is 0.259 e. The van der Waals surface area contributed by atoms with Gasteiger partial charge in [0.2, 0.25) is 0 Å². The Morgan fingerprint density at radius 1 is 1.21 bits per heavy atom. The molecule has 0 radical (unpaired) electrons. The van der Waals surface area contributed by atoms with E-state index in [1.165, 1.54) is 0 Å². The first kappa shape index (κ1) is 16.4. The van der Waals surface area contributed by atoms with Gasteiger partial charge in [0.1, 0.15) is 17.1 Å². The molecule has 0 N–H and O–H groups in total. The van der Waals surface area contributed by atoms with Crippen molar-refractivity contribution < 1.29 is 14.1 Å². The smallest absolute Gasteiger partial charge is 0.259 e. The first-order chi connectivity index (χ1) is 11.6. The number of carbonyl (C=O) groups excluding carboxylic acids is 1. The molecule has 2 heterocycles. The zero-order valence-corrected chi connectivity index (χ0v) is 14.4. The Morgan fingerprint density at radius 3 is 2.46 bits per heavy atom. The van der Waals surface area contributed by atoms with E-state index < -0.39 is 0 Å². The van der Waals surface area contributed by atoms with Gasteiger partial charge >= 0.3 is 0 Å². The molecule has 1 aromatic heterocycles. The normalized spacial score (nSPS) is 14.8. The molecular weight excluding hydrogens is 306 g/mol. The number of carbonyl (C=O) groups is 1. The summed E-state index contributed by atoms with van der Waals surface area (Å²) >= 11 is 0. The number of amides is 1. The lowest BCUT2D eigenvalue weighted by molar-refractivity contribution is 0.0744. The van der Waals surface area contributed by atoms with Gasteiger partial charge in [-0.15, -0.1) is 0 Å². The monoisotopic (exact) mass is 329 g/mol. The Hall–Kier alpha value is -2.50. The van der Waals surface area contributed by atoms with Gasteiger partial charge in [-0.25, -0.2) is 0 Å². The number of anilines is 1. The molecule has 1 aliphatic rings. The first-order valence-electron chi connectivity index (χ1n) is 8.27. The van der Waals surface area contributed by atoms with E-state index in [2.05, 4.69) is 22.2 Å². The average molecular weight is 329 g/mol. The molecule has 0 bridgehead atoms. The van der Waals surface area contributed by atoms with Crippen molar-refractivity contribution in [2.45, 2.75) is 20.3 Å². The lowest BCUT2D eigenvalue weighted by Crippen LogP contribution is -2.49. The van der Waals surface area contributed by atoms with Crippen LogP contribution in [0.5, 0.6) is 5.75 Å². The summed E-state index contributed by atoms with van der Waals surface area (Å²) in [6, 6.07) is 8.02. The van der Waals surface area contributed by atoms with Crippen LogP contribution in [0.4, 0.5) is 5.69 Å². The molecule has 6 nitrogen and oxygen atoms in total. The maximum atomic E-state index is 12.8. The van der Waals surface area contributed by atoms with Crippen molar-refractivity contribution in [1.82, 2.24) is 10.1 Å². The Labute approximate surface area is 142 Å². The van der Waals surface area contributed by atoms with E-state index >= 15 is 0 Å². The largest absolute Gasteiger partial charge is 0.497 e. The van der Waals surface area contributed by atoms with Crippen molar-refractivity contribution in [2.75, 3.05) is 38.2 Å². The Kier molecular flexibility index (Phi) is 4.74. The van der Waals surface area contributed by atoms with Crippen LogP contribution < -0.4 is 9.64 Å². The molecule has 0 saturated carbocycles. The summed E-state index contributed by atoms with van der Waals surface area (Å²) in [6.45, 7) is 6.79. The fraction of sp³-hybridized carbons (Fsp3) is 0.444. The average Bonchev–Trinajstić information content (AvgIpc) is 3.02. The summed E-state index contributed by atoms with van der Waals surface area (Å²) in [5, 5.41) is 3.98. The van der Waals surface area contributed by atoms with Crippen LogP contribution in [-0.2, 0) is 6.42 Å². The summed E-state index contributed by atoms with van der Waals surface area (Å²) in [7, 11) is 1.66. The lowest BCUT2D eigenvalue weighted by Gasteiger charge is -2.36. The summed E-state index contributed by atoms with van der Waals surface area (Å²) in [5.74, 6) is 1.48. The first-order valence-corrected chi connectivity index (χ1v) is 8.27. The predicted octanol–water partition coefficient (Wildman–Crippen LogP) is 2.52. The topological polar surface area (TPSA) is 58.8 Å². The summed E-state index contributed by atoms with van der Waals surface area (Å²) in [5.41, 5.74) is 2.53. The molecule has 6 heteroatoms. The van der Waals surface area contributed by atoms with E-state index in [1.54, 1.807) is 14.0 Å². The van der Waals surface area contributed by atoms with Crippen LogP contribution >= 0.6 is 0 Å². The molecule has 1 saturated heterocycles. The zero-order chi connectivity index (χ0) is 17.1. The fourth-order valence-electron chi connectivity index (χ4n) is 3.05. The van der Waals surface area contributed by atoms with Crippen molar-refractivity contribution >= 4 is 11.6 Å². The van der Waals surface area contributed by atoms with E-state index in [1.807, 2.05) is 24.0 Å². The van der Waals surface area contributed by atoms with E-state index in [4.69, 9.17) is 9.26 Å². The molecule has 128 valence electrons. The summed E-state index contributed by atoms with van der Waals surface area (Å²) in [6.07, 6.45) is 0.699. The van der Waals surface area contributed by atoms with Gasteiger partial charge in [-0.3, -0.25) is 4.79 Å². The lowest BCUT2D eigenvalue weighted by atomic mass is 10.1. The number of aryl methyl sites for hydroxylation is 2. The molecule has 1 amide bonds. The van der Waals surface area contributed by atoms with Crippen LogP contribution in [0, 0.1) is 6.92 Å². The molecule has 24 heavy (non-hydrogen) atoms. The van der Waals surface area contributed by atoms with Crippen molar-refractivity contribution in [3.63, 3.8) is 0 Å². The van der Waals surface area contributed by atoms with Gasteiger partial charge in [-0.05, 0) is 37.6 Å². The number of nitrogens with zero attached hydrogens (tertiary/aromatic N) is 3. The van der Waals surface area contributed by atoms with Crippen molar-refractivity contribution in [3.05, 3.63) is 41.3 Å². The van der Waals surface area contributed by atoms with E-state index in [-0.39, 0.29) is 5.91 Å². The van der Waals surface area contributed by atoms with Gasteiger partial charge in [0.05, 0.1) is 12.8 Å². The number of hydrogen-bond acceptors (Lipinski definition) is 5. The van der Waals surface area contributed by atoms with Crippen LogP contribution in [0.25, 0.3) is 0 Å². The number of methoxy groups -OCH3 is 1. The van der Waals surface area contributed by atoms with Gasteiger partial charge in [0.25, 0.3) is 5.91 Å². The highest BCUT2D eigenvalue weighted by atomic mass is 16.5. The van der Waals surface area contributed by atoms with Crippen LogP contribution in [0.15, 0.2) is 28.8 Å². The second kappa shape index (κ2) is 6.95. The third kappa shape index (κ3) is 3.09. The highest BCUT2D eigenvalue weighted by Gasteiger charge is 2.27. The fourth-order valence-corrected chi connectivity index (χ4v) is 3.05. The minimum absolute atomic E-state index is 0.0278. The van der Waals surface area contributed by atoms with Gasteiger partial charge in [0, 0.05) is 31.9 Å². The third-order valence-electron chi connectivity index (χ3n) is 4.49. The number of benzene rings is 1. The van der Waals surface area contributed by atoms with Gasteiger partial charge in [-0.2, -0.15) is 0 Å². The molecule has 1 aliphatic heterocycles. The molecule has 1 fully saturated rings. The van der Waals surface area contributed by atoms with E-state index in [0.29, 0.717) is 30.8 Å². The van der Waals surface area contributed by atoms with E-state index in [0.717, 1.165) is 30.2 Å². The number of aromatic nitrogens is 1. The van der Waals surface area contributed by atoms with Crippen LogP contribution in [0.1, 0.15) is 28.7 Å². The molecular formula is C18H23N3O3. The quantitative estimate of drug-likeness (QED) is 0.862. The summed E-state index contributed by atoms with van der Waals surface area (Å²) in [4.78, 5) is 16.9. The number of piperazine rings is 1. The molecule has 0 aliphatic carbocycles. The maximum absolute atomic E-state index is 12.8. The Morgan fingerprint density at radius 2 is 1.88 bits per heavy atom. The van der Waals surface area contributed by atoms with Crippen molar-refractivity contribution in [3.8, 4) is 5.75 Å². The third-order valence-corrected chi connectivity index (χ3v) is 4.49. The van der Waals surface area contributed by atoms with Crippen LogP contribution in [-0.4, -0.2) is 49.3 Å². The van der Waals surface area contributed by atoms with Gasteiger partial charge in [-0.1, -0.05) is 12.1 Å². The minimum atomic E-state index is 0.0278. The molecule has 2 aromatic rings. The predicted molar refractivity (Wildman–Crippen MR) is 91.7 cm³/mol. The Balaban J connectivity index is 1.66. The van der Waals surface area contributed by atoms with E-state index in [9.17, 15) is 4.79 Å². The van der Waals surface area contributed by atoms with Gasteiger partial charge in [0.15, 0.2) is 0 Å². The second-order valence-corrected chi connectivity index (χ2v) is 5.89. The molecule has 1 aromatic carbocycles. The Bertz CT molecular complexity index is 701. The highest BCUT2D eigenvalue weighted by Crippen LogP contribution is 2.22. The minimum Gasteiger partial charge on any atom is -0.497 e. The zero-order valence-electron chi connectivity index (χ0n) is 14.4. The summed E-state index contributed by atoms with van der Waals surface area (Å²) < 4.78 is 10.4. The number of hydrogen-bond donors (Lipinski definition) is 0. The molecule has 0 spiro atoms. The molecule has 0 atom stereocenters. The standard InChI is InChI=1S/C18H23N3O3/c1-4-16-17(13(2)24-19-16)18(22)21-11-9-20(10-12-21)14-5-7-15(23-3)8-6-14/h5-8H,4,9-12H2,1-3H3. The molecule has 3 rings (SSSR count). The molecule has 0 unspecified atom stereocenters. The van der Waals surface area contributed by atoms with Crippen LogP contribution in [0.3, 0.4) is 0 Å². The van der Waals surface area contributed by atoms with Gasteiger partial charge < -0.3 is 19.1 Å². The van der Waals surface area contributed by atoms with Crippen LogP contribution in [0.2, 0.25) is 0 Å². The van der Waals surface area contributed by atoms with Crippen molar-refractivity contribution in [2.24, 2.45) is 0 Å². The SMILES string of the molecule is CCc1noc(C)c1C(=O)N1CCN(c2ccc(OC)cc2)CC1.